The number of anilines is 1. The first-order chi connectivity index (χ1) is 12.0. The van der Waals surface area contributed by atoms with Gasteiger partial charge in [0.2, 0.25) is 0 Å². The Hall–Kier alpha value is -3.73. The lowest BCUT2D eigenvalue weighted by molar-refractivity contribution is -0.383. The van der Waals surface area contributed by atoms with Crippen LogP contribution in [-0.2, 0) is 11.3 Å². The molecular formula is C17H13FN4O3. The van der Waals surface area contributed by atoms with Crippen molar-refractivity contribution in [1.82, 2.24) is 5.32 Å². The molecule has 0 aliphatic carbocycles. The Kier molecular flexibility index (Phi) is 5.79. The maximum atomic E-state index is 13.1. The van der Waals surface area contributed by atoms with E-state index in [1.165, 1.54) is 42.6 Å². The average molecular weight is 340 g/mol. The predicted molar refractivity (Wildman–Crippen MR) is 88.7 cm³/mol. The minimum Gasteiger partial charge on any atom is -0.386 e. The molecule has 0 saturated carbocycles. The van der Waals surface area contributed by atoms with Crippen LogP contribution in [0.1, 0.15) is 5.56 Å². The molecule has 0 radical (unpaired) electrons. The van der Waals surface area contributed by atoms with Crippen molar-refractivity contribution >= 4 is 17.3 Å². The maximum absolute atomic E-state index is 13.1. The van der Waals surface area contributed by atoms with Gasteiger partial charge in [-0.1, -0.05) is 24.3 Å². The Morgan fingerprint density at radius 2 is 2.04 bits per heavy atom. The number of nitrogens with zero attached hydrogens (tertiary/aromatic N) is 2. The van der Waals surface area contributed by atoms with Crippen LogP contribution >= 0.6 is 0 Å². The van der Waals surface area contributed by atoms with Crippen LogP contribution in [-0.4, -0.2) is 10.8 Å². The number of rotatable bonds is 6. The molecule has 0 atom stereocenters. The fourth-order valence-electron chi connectivity index (χ4n) is 1.99. The number of hydrogen-bond acceptors (Lipinski definition) is 5. The molecule has 0 unspecified atom stereocenters. The number of amides is 1. The van der Waals surface area contributed by atoms with Crippen molar-refractivity contribution in [3.05, 3.63) is 81.8 Å². The zero-order chi connectivity index (χ0) is 18.2. The third-order valence-electron chi connectivity index (χ3n) is 3.16. The van der Waals surface area contributed by atoms with Crippen LogP contribution in [0.15, 0.2) is 60.3 Å². The molecule has 2 rings (SSSR count). The lowest BCUT2D eigenvalue weighted by Gasteiger charge is -2.06. The molecule has 0 aromatic heterocycles. The van der Waals surface area contributed by atoms with E-state index in [9.17, 15) is 19.3 Å². The molecule has 0 saturated heterocycles. The molecule has 0 aliphatic heterocycles. The van der Waals surface area contributed by atoms with Crippen LogP contribution in [0.5, 0.6) is 0 Å². The van der Waals surface area contributed by atoms with Gasteiger partial charge >= 0.3 is 0 Å². The van der Waals surface area contributed by atoms with Gasteiger partial charge in [-0.15, -0.1) is 0 Å². The minimum absolute atomic E-state index is 0.0104. The number of hydrogen-bond donors (Lipinski definition) is 2. The van der Waals surface area contributed by atoms with E-state index in [0.717, 1.165) is 0 Å². The second-order valence-electron chi connectivity index (χ2n) is 4.91. The van der Waals surface area contributed by atoms with Crippen LogP contribution < -0.4 is 10.6 Å². The molecule has 0 bridgehead atoms. The Morgan fingerprint density at radius 1 is 1.28 bits per heavy atom. The van der Waals surface area contributed by atoms with Crippen LogP contribution in [0.4, 0.5) is 15.8 Å². The maximum Gasteiger partial charge on any atom is 0.292 e. The molecule has 7 nitrogen and oxygen atoms in total. The van der Waals surface area contributed by atoms with Crippen molar-refractivity contribution in [1.29, 1.82) is 5.26 Å². The highest BCUT2D eigenvalue weighted by molar-refractivity contribution is 6.07. The average Bonchev–Trinajstić information content (AvgIpc) is 2.59. The third kappa shape index (κ3) is 4.87. The largest absolute Gasteiger partial charge is 0.386 e. The van der Waals surface area contributed by atoms with Gasteiger partial charge in [-0.05, 0) is 23.8 Å². The summed E-state index contributed by atoms with van der Waals surface area (Å²) in [5.41, 5.74) is 0.0758. The summed E-state index contributed by atoms with van der Waals surface area (Å²) in [7, 11) is 0. The predicted octanol–water partition coefficient (Wildman–Crippen LogP) is 2.87. The number of carbonyl (C=O) groups is 1. The van der Waals surface area contributed by atoms with Crippen molar-refractivity contribution < 1.29 is 14.1 Å². The minimum atomic E-state index is -0.788. The van der Waals surface area contributed by atoms with E-state index in [0.29, 0.717) is 5.56 Å². The van der Waals surface area contributed by atoms with Crippen molar-refractivity contribution in [3.8, 4) is 6.07 Å². The number of nitrogens with one attached hydrogen (secondary N) is 2. The summed E-state index contributed by atoms with van der Waals surface area (Å²) >= 11 is 0. The van der Waals surface area contributed by atoms with Crippen molar-refractivity contribution in [2.45, 2.75) is 6.54 Å². The molecule has 0 heterocycles. The van der Waals surface area contributed by atoms with Gasteiger partial charge in [-0.25, -0.2) is 4.39 Å². The van der Waals surface area contributed by atoms with E-state index in [-0.39, 0.29) is 23.5 Å². The number of benzene rings is 2. The first kappa shape index (κ1) is 17.6. The zero-order valence-corrected chi connectivity index (χ0v) is 12.9. The lowest BCUT2D eigenvalue weighted by atomic mass is 10.2. The molecule has 8 heteroatoms. The zero-order valence-electron chi connectivity index (χ0n) is 12.9. The van der Waals surface area contributed by atoms with E-state index < -0.39 is 16.6 Å². The summed E-state index contributed by atoms with van der Waals surface area (Å²) in [5, 5.41) is 25.1. The summed E-state index contributed by atoms with van der Waals surface area (Å²) in [6.07, 6.45) is 1.18. The van der Waals surface area contributed by atoms with Gasteiger partial charge in [0, 0.05) is 18.8 Å². The lowest BCUT2D eigenvalue weighted by Crippen LogP contribution is -2.17. The summed E-state index contributed by atoms with van der Waals surface area (Å²) in [6.45, 7) is 0.210. The number of nitro groups is 1. The number of para-hydroxylation sites is 2. The highest BCUT2D eigenvalue weighted by atomic mass is 19.1. The Labute approximate surface area is 142 Å². The van der Waals surface area contributed by atoms with Crippen molar-refractivity contribution in [2.75, 3.05) is 5.32 Å². The van der Waals surface area contributed by atoms with Crippen LogP contribution in [0.2, 0.25) is 0 Å². The molecule has 0 spiro atoms. The summed E-state index contributed by atoms with van der Waals surface area (Å²) < 4.78 is 13.1. The topological polar surface area (TPSA) is 108 Å². The molecule has 2 aromatic carbocycles. The third-order valence-corrected chi connectivity index (χ3v) is 3.16. The van der Waals surface area contributed by atoms with E-state index >= 15 is 0 Å². The molecule has 1 amide bonds. The number of nitriles is 1. The molecule has 0 aliphatic rings. The van der Waals surface area contributed by atoms with Gasteiger partial charge in [0.05, 0.1) is 4.92 Å². The summed E-state index contributed by atoms with van der Waals surface area (Å²) in [6, 6.07) is 13.2. The van der Waals surface area contributed by atoms with Gasteiger partial charge < -0.3 is 10.6 Å². The van der Waals surface area contributed by atoms with Crippen molar-refractivity contribution in [2.24, 2.45) is 0 Å². The monoisotopic (exact) mass is 340 g/mol. The van der Waals surface area contributed by atoms with Gasteiger partial charge in [0.25, 0.3) is 11.6 Å². The standard InChI is InChI=1S/C17H13FN4O3/c18-14-5-3-4-12(8-14)10-20-11-13(9-19)17(23)21-15-6-1-2-7-16(15)22(24)25/h1-8,11,20H,10H2,(H,21,23)/b13-11-. The number of halogens is 1. The highest BCUT2D eigenvalue weighted by Gasteiger charge is 2.17. The molecule has 25 heavy (non-hydrogen) atoms. The number of carbonyl (C=O) groups excluding carboxylic acids is 1. The molecule has 2 N–H and O–H groups in total. The molecule has 126 valence electrons. The van der Waals surface area contributed by atoms with E-state index in [1.54, 1.807) is 18.2 Å². The van der Waals surface area contributed by atoms with E-state index in [1.807, 2.05) is 0 Å². The van der Waals surface area contributed by atoms with E-state index in [2.05, 4.69) is 10.6 Å². The summed E-state index contributed by atoms with van der Waals surface area (Å²) in [5.74, 6) is -1.18. The Bertz CT molecular complexity index is 874. The fourth-order valence-corrected chi connectivity index (χ4v) is 1.99. The second-order valence-corrected chi connectivity index (χ2v) is 4.91. The van der Waals surface area contributed by atoms with Gasteiger partial charge in [0.15, 0.2) is 0 Å². The van der Waals surface area contributed by atoms with Crippen LogP contribution in [0, 0.1) is 27.3 Å². The van der Waals surface area contributed by atoms with E-state index in [4.69, 9.17) is 5.26 Å². The molecular weight excluding hydrogens is 327 g/mol. The summed E-state index contributed by atoms with van der Waals surface area (Å²) in [4.78, 5) is 22.4. The quantitative estimate of drug-likeness (QED) is 0.364. The Morgan fingerprint density at radius 3 is 2.72 bits per heavy atom. The van der Waals surface area contributed by atoms with Gasteiger partial charge in [-0.2, -0.15) is 5.26 Å². The highest BCUT2D eigenvalue weighted by Crippen LogP contribution is 2.23. The first-order valence-corrected chi connectivity index (χ1v) is 7.14. The fraction of sp³-hybridized carbons (Fsp3) is 0.0588. The second kappa shape index (κ2) is 8.21. The first-order valence-electron chi connectivity index (χ1n) is 7.14. The van der Waals surface area contributed by atoms with Crippen LogP contribution in [0.3, 0.4) is 0 Å². The van der Waals surface area contributed by atoms with Gasteiger partial charge in [-0.3, -0.25) is 14.9 Å². The van der Waals surface area contributed by atoms with Gasteiger partial charge in [0.1, 0.15) is 23.1 Å². The van der Waals surface area contributed by atoms with Crippen molar-refractivity contribution in [3.63, 3.8) is 0 Å². The normalized spacial score (nSPS) is 10.6. The molecule has 2 aromatic rings. The SMILES string of the molecule is N#C/C(=C/NCc1cccc(F)c1)C(=O)Nc1ccccc1[N+](=O)[O-]. The smallest absolute Gasteiger partial charge is 0.292 e. The number of nitro benzene ring substituents is 1. The Balaban J connectivity index is 2.06. The van der Waals surface area contributed by atoms with Crippen LogP contribution in [0.25, 0.3) is 0 Å². The molecule has 0 fully saturated rings.